The Morgan fingerprint density at radius 3 is 2.37 bits per heavy atom. The standard InChI is InChI=1S/C31H45N5O2/c1-5-17-32-31(38)36-18-15-23(16-19-36)22-35(6-2)29-14-8-24-7-11-27(20-26(24)21-29)33-30(37)25-9-12-28(13-10-25)34(3)4/h7,9-13,20,23,29H,5-6,8,14-19,21-22H2,1-4H3,(H,32,38)(H,33,37). The number of likely N-dealkylation sites (N-methyl/N-ethyl adjacent to an activating group) is 1. The first kappa shape index (κ1) is 28.0. The van der Waals surface area contributed by atoms with E-state index in [1.807, 2.05) is 54.2 Å². The smallest absolute Gasteiger partial charge is 0.317 e. The van der Waals surface area contributed by atoms with Crippen LogP contribution in [-0.4, -0.2) is 74.6 Å². The Balaban J connectivity index is 1.32. The van der Waals surface area contributed by atoms with Gasteiger partial charge in [0.1, 0.15) is 0 Å². The SMILES string of the molecule is CCCNC(=O)N1CCC(CN(CC)C2CCc3ccc(NC(=O)c4ccc(N(C)C)cc4)cc3C2)CC1. The fourth-order valence-electron chi connectivity index (χ4n) is 5.77. The molecule has 4 rings (SSSR count). The van der Waals surface area contributed by atoms with Gasteiger partial charge in [0.05, 0.1) is 0 Å². The second-order valence-corrected chi connectivity index (χ2v) is 11.0. The topological polar surface area (TPSA) is 67.9 Å². The van der Waals surface area contributed by atoms with Crippen molar-refractivity contribution in [2.75, 3.05) is 57.0 Å². The number of carbonyl (C=O) groups is 2. The lowest BCUT2D eigenvalue weighted by Gasteiger charge is -2.39. The minimum absolute atomic E-state index is 0.0764. The van der Waals surface area contributed by atoms with Gasteiger partial charge < -0.3 is 25.3 Å². The first-order chi connectivity index (χ1) is 18.4. The molecule has 2 N–H and O–H groups in total. The zero-order valence-corrected chi connectivity index (χ0v) is 23.6. The summed E-state index contributed by atoms with van der Waals surface area (Å²) in [7, 11) is 3.99. The number of piperidine rings is 1. The molecule has 1 atom stereocenters. The molecule has 1 unspecified atom stereocenters. The van der Waals surface area contributed by atoms with Crippen molar-refractivity contribution in [3.8, 4) is 0 Å². The molecule has 2 aromatic carbocycles. The lowest BCUT2D eigenvalue weighted by molar-refractivity contribution is 0.102. The van der Waals surface area contributed by atoms with Gasteiger partial charge in [0, 0.05) is 63.3 Å². The number of likely N-dealkylation sites (tertiary alicyclic amines) is 1. The van der Waals surface area contributed by atoms with Gasteiger partial charge in [-0.05, 0) is 98.5 Å². The highest BCUT2D eigenvalue weighted by molar-refractivity contribution is 6.04. The minimum Gasteiger partial charge on any atom is -0.378 e. The summed E-state index contributed by atoms with van der Waals surface area (Å²) in [5.41, 5.74) is 5.35. The number of anilines is 2. The number of benzene rings is 2. The third-order valence-corrected chi connectivity index (χ3v) is 8.16. The van der Waals surface area contributed by atoms with Crippen LogP contribution in [0.1, 0.15) is 61.0 Å². The van der Waals surface area contributed by atoms with Crippen molar-refractivity contribution in [1.82, 2.24) is 15.1 Å². The summed E-state index contributed by atoms with van der Waals surface area (Å²) in [5.74, 6) is 0.559. The molecule has 7 heteroatoms. The molecule has 2 aromatic rings. The minimum atomic E-state index is -0.0764. The molecule has 7 nitrogen and oxygen atoms in total. The van der Waals surface area contributed by atoms with E-state index in [-0.39, 0.29) is 11.9 Å². The molecule has 1 heterocycles. The number of urea groups is 1. The monoisotopic (exact) mass is 519 g/mol. The summed E-state index contributed by atoms with van der Waals surface area (Å²) < 4.78 is 0. The van der Waals surface area contributed by atoms with Gasteiger partial charge in [-0.1, -0.05) is 19.9 Å². The highest BCUT2D eigenvalue weighted by Crippen LogP contribution is 2.29. The first-order valence-corrected chi connectivity index (χ1v) is 14.3. The first-order valence-electron chi connectivity index (χ1n) is 14.3. The van der Waals surface area contributed by atoms with Crippen molar-refractivity contribution in [2.24, 2.45) is 5.92 Å². The number of carbonyl (C=O) groups excluding carboxylic acids is 2. The largest absolute Gasteiger partial charge is 0.378 e. The molecule has 38 heavy (non-hydrogen) atoms. The van der Waals surface area contributed by atoms with Crippen LogP contribution in [0.3, 0.4) is 0 Å². The van der Waals surface area contributed by atoms with Gasteiger partial charge in [0.25, 0.3) is 5.91 Å². The van der Waals surface area contributed by atoms with E-state index in [1.54, 1.807) is 0 Å². The number of rotatable bonds is 9. The van der Waals surface area contributed by atoms with Gasteiger partial charge in [0.15, 0.2) is 0 Å². The Labute approximate surface area is 228 Å². The highest BCUT2D eigenvalue weighted by atomic mass is 16.2. The van der Waals surface area contributed by atoms with Gasteiger partial charge >= 0.3 is 6.03 Å². The van der Waals surface area contributed by atoms with Crippen LogP contribution in [0.4, 0.5) is 16.2 Å². The molecule has 1 aliphatic heterocycles. The highest BCUT2D eigenvalue weighted by Gasteiger charge is 2.28. The van der Waals surface area contributed by atoms with E-state index in [4.69, 9.17) is 0 Å². The van der Waals surface area contributed by atoms with Crippen LogP contribution in [0.2, 0.25) is 0 Å². The third-order valence-electron chi connectivity index (χ3n) is 8.16. The summed E-state index contributed by atoms with van der Waals surface area (Å²) in [6.07, 6.45) is 6.38. The van der Waals surface area contributed by atoms with Gasteiger partial charge in [-0.15, -0.1) is 0 Å². The van der Waals surface area contributed by atoms with E-state index >= 15 is 0 Å². The molecule has 2 aliphatic rings. The summed E-state index contributed by atoms with van der Waals surface area (Å²) in [6.45, 7) is 8.94. The zero-order chi connectivity index (χ0) is 27.1. The summed E-state index contributed by atoms with van der Waals surface area (Å²) in [5, 5.41) is 6.11. The number of hydrogen-bond donors (Lipinski definition) is 2. The number of amides is 3. The molecule has 1 saturated heterocycles. The van der Waals surface area contributed by atoms with Crippen molar-refractivity contribution in [1.29, 1.82) is 0 Å². The quantitative estimate of drug-likeness (QED) is 0.488. The van der Waals surface area contributed by atoms with Gasteiger partial charge in [-0.25, -0.2) is 4.79 Å². The van der Waals surface area contributed by atoms with Crippen LogP contribution >= 0.6 is 0 Å². The average molecular weight is 520 g/mol. The van der Waals surface area contributed by atoms with E-state index in [9.17, 15) is 9.59 Å². The van der Waals surface area contributed by atoms with Gasteiger partial charge in [0.2, 0.25) is 0 Å². The maximum atomic E-state index is 12.9. The summed E-state index contributed by atoms with van der Waals surface area (Å²) in [6, 6.07) is 14.7. The molecule has 1 aliphatic carbocycles. The van der Waals surface area contributed by atoms with Crippen molar-refractivity contribution >= 4 is 23.3 Å². The average Bonchev–Trinajstić information content (AvgIpc) is 2.94. The molecular weight excluding hydrogens is 474 g/mol. The second-order valence-electron chi connectivity index (χ2n) is 11.0. The predicted octanol–water partition coefficient (Wildman–Crippen LogP) is 5.02. The Hall–Kier alpha value is -3.06. The normalized spacial score (nSPS) is 17.7. The lowest BCUT2D eigenvalue weighted by atomic mass is 9.86. The van der Waals surface area contributed by atoms with Crippen molar-refractivity contribution in [3.05, 3.63) is 59.2 Å². The van der Waals surface area contributed by atoms with E-state index in [0.717, 1.165) is 76.2 Å². The fraction of sp³-hybridized carbons (Fsp3) is 0.548. The molecule has 0 spiro atoms. The van der Waals surface area contributed by atoms with Crippen LogP contribution in [0.5, 0.6) is 0 Å². The molecular formula is C31H45N5O2. The van der Waals surface area contributed by atoms with Crippen LogP contribution in [0.15, 0.2) is 42.5 Å². The Kier molecular flexibility index (Phi) is 9.67. The molecule has 1 fully saturated rings. The van der Waals surface area contributed by atoms with E-state index in [2.05, 4.69) is 41.5 Å². The van der Waals surface area contributed by atoms with Crippen LogP contribution in [0, 0.1) is 5.92 Å². The zero-order valence-electron chi connectivity index (χ0n) is 23.6. The van der Waals surface area contributed by atoms with E-state index < -0.39 is 0 Å². The Morgan fingerprint density at radius 2 is 1.71 bits per heavy atom. The van der Waals surface area contributed by atoms with Crippen LogP contribution in [0.25, 0.3) is 0 Å². The maximum Gasteiger partial charge on any atom is 0.317 e. The number of fused-ring (bicyclic) bond motifs is 1. The van der Waals surface area contributed by atoms with Crippen molar-refractivity contribution < 1.29 is 9.59 Å². The van der Waals surface area contributed by atoms with Crippen molar-refractivity contribution in [2.45, 2.75) is 58.4 Å². The maximum absolute atomic E-state index is 12.9. The Bertz CT molecular complexity index is 1080. The van der Waals surface area contributed by atoms with E-state index in [0.29, 0.717) is 17.5 Å². The summed E-state index contributed by atoms with van der Waals surface area (Å²) >= 11 is 0. The number of hydrogen-bond acceptors (Lipinski definition) is 4. The third kappa shape index (κ3) is 7.07. The lowest BCUT2D eigenvalue weighted by Crippen LogP contribution is -2.47. The second kappa shape index (κ2) is 13.1. The number of aryl methyl sites for hydroxylation is 1. The molecule has 0 saturated carbocycles. The van der Waals surface area contributed by atoms with E-state index in [1.165, 1.54) is 17.5 Å². The van der Waals surface area contributed by atoms with Gasteiger partial charge in [-0.3, -0.25) is 4.79 Å². The molecule has 3 amide bonds. The molecule has 206 valence electrons. The fourth-order valence-corrected chi connectivity index (χ4v) is 5.77. The van der Waals surface area contributed by atoms with Gasteiger partial charge in [-0.2, -0.15) is 0 Å². The summed E-state index contributed by atoms with van der Waals surface area (Å²) in [4.78, 5) is 31.8. The molecule has 0 aromatic heterocycles. The van der Waals surface area contributed by atoms with Crippen molar-refractivity contribution in [3.63, 3.8) is 0 Å². The molecule has 0 bridgehead atoms. The number of nitrogens with zero attached hydrogens (tertiary/aromatic N) is 3. The van der Waals surface area contributed by atoms with Crippen LogP contribution < -0.4 is 15.5 Å². The van der Waals surface area contributed by atoms with Crippen LogP contribution in [-0.2, 0) is 12.8 Å². The number of nitrogens with one attached hydrogen (secondary N) is 2. The predicted molar refractivity (Wildman–Crippen MR) is 156 cm³/mol. The Morgan fingerprint density at radius 1 is 0.974 bits per heavy atom. The molecule has 0 radical (unpaired) electrons.